The molecular weight excluding hydrogens is 330 g/mol. The molecule has 0 fully saturated rings. The number of hydrogen-bond donors (Lipinski definition) is 1. The van der Waals surface area contributed by atoms with Gasteiger partial charge < -0.3 is 4.74 Å². The number of fused-ring (bicyclic) bond motifs is 1. The minimum atomic E-state index is -0.326. The molecule has 0 radical (unpaired) electrons. The summed E-state index contributed by atoms with van der Waals surface area (Å²) >= 11 is 0. The molecule has 0 aliphatic heterocycles. The number of benzene rings is 2. The highest BCUT2D eigenvalue weighted by Gasteiger charge is 2.15. The van der Waals surface area contributed by atoms with E-state index in [0.29, 0.717) is 22.8 Å². The van der Waals surface area contributed by atoms with E-state index >= 15 is 0 Å². The minimum absolute atomic E-state index is 0.314. The molecule has 7 heteroatoms. The van der Waals surface area contributed by atoms with Crippen LogP contribution in [0.5, 0.6) is 0 Å². The average Bonchev–Trinajstić information content (AvgIpc) is 3.17. The lowest BCUT2D eigenvalue weighted by molar-refractivity contribution is 0.399. The highest BCUT2D eigenvalue weighted by molar-refractivity contribution is 5.94. The predicted octanol–water partition coefficient (Wildman–Crippen LogP) is 2.64. The van der Waals surface area contributed by atoms with E-state index in [0.717, 1.165) is 11.1 Å². The molecule has 0 amide bonds. The Morgan fingerprint density at radius 1 is 1.08 bits per heavy atom. The summed E-state index contributed by atoms with van der Waals surface area (Å²) in [5.41, 5.74) is 1.61. The Balaban J connectivity index is 2.00. The molecule has 2 heterocycles. The molecule has 0 unspecified atom stereocenters. The van der Waals surface area contributed by atoms with Crippen LogP contribution in [0, 0.1) is 0 Å². The van der Waals surface area contributed by atoms with Crippen molar-refractivity contribution in [1.82, 2.24) is 19.9 Å². The lowest BCUT2D eigenvalue weighted by Crippen LogP contribution is -2.22. The molecule has 0 aliphatic rings. The lowest BCUT2D eigenvalue weighted by atomic mass is 10.2. The Labute approximate surface area is 148 Å². The van der Waals surface area contributed by atoms with Crippen molar-refractivity contribution in [1.29, 1.82) is 0 Å². The van der Waals surface area contributed by atoms with Crippen LogP contribution in [0.2, 0.25) is 0 Å². The van der Waals surface area contributed by atoms with Crippen LogP contribution in [-0.4, -0.2) is 32.9 Å². The monoisotopic (exact) mass is 345 g/mol. The zero-order valence-corrected chi connectivity index (χ0v) is 14.0. The maximum atomic E-state index is 13.0. The van der Waals surface area contributed by atoms with E-state index in [2.05, 4.69) is 20.3 Å². The van der Waals surface area contributed by atoms with Crippen LogP contribution >= 0.6 is 0 Å². The number of H-pyrrole nitrogens is 1. The number of nitrogens with zero attached hydrogens (tertiary/aromatic N) is 4. The highest BCUT2D eigenvalue weighted by Crippen LogP contribution is 2.18. The summed E-state index contributed by atoms with van der Waals surface area (Å²) in [6, 6.07) is 18.8. The SMILES string of the molecule is CO/C(=N\n1c(-c2ccccc2)nc2[nH]ncc2c1=O)c1ccccc1. The maximum absolute atomic E-state index is 13.0. The van der Waals surface area contributed by atoms with Crippen molar-refractivity contribution in [3.05, 3.63) is 82.8 Å². The van der Waals surface area contributed by atoms with Gasteiger partial charge in [0.1, 0.15) is 5.39 Å². The summed E-state index contributed by atoms with van der Waals surface area (Å²) in [7, 11) is 1.52. The molecule has 0 atom stereocenters. The summed E-state index contributed by atoms with van der Waals surface area (Å²) in [6.07, 6.45) is 1.44. The highest BCUT2D eigenvalue weighted by atomic mass is 16.5. The third kappa shape index (κ3) is 2.75. The van der Waals surface area contributed by atoms with E-state index < -0.39 is 0 Å². The van der Waals surface area contributed by atoms with Crippen molar-refractivity contribution in [2.45, 2.75) is 0 Å². The van der Waals surface area contributed by atoms with E-state index in [9.17, 15) is 4.79 Å². The Hall–Kier alpha value is -3.74. The van der Waals surface area contributed by atoms with Gasteiger partial charge in [-0.25, -0.2) is 4.98 Å². The fraction of sp³-hybridized carbons (Fsp3) is 0.0526. The van der Waals surface area contributed by atoms with Crippen LogP contribution in [0.1, 0.15) is 5.56 Å². The number of methoxy groups -OCH3 is 1. The summed E-state index contributed by atoms with van der Waals surface area (Å²) in [6.45, 7) is 0. The third-order valence-electron chi connectivity index (χ3n) is 3.90. The van der Waals surface area contributed by atoms with E-state index in [1.54, 1.807) is 0 Å². The van der Waals surface area contributed by atoms with Crippen molar-refractivity contribution in [3.8, 4) is 11.4 Å². The van der Waals surface area contributed by atoms with Gasteiger partial charge in [-0.05, 0) is 12.1 Å². The lowest BCUT2D eigenvalue weighted by Gasteiger charge is -2.10. The second-order valence-corrected chi connectivity index (χ2v) is 5.53. The zero-order valence-electron chi connectivity index (χ0n) is 14.0. The van der Waals surface area contributed by atoms with Crippen molar-refractivity contribution in [2.24, 2.45) is 5.10 Å². The number of aromatic nitrogens is 4. The normalized spacial score (nSPS) is 11.7. The fourth-order valence-electron chi connectivity index (χ4n) is 2.64. The van der Waals surface area contributed by atoms with Gasteiger partial charge in [-0.15, -0.1) is 5.10 Å². The van der Waals surface area contributed by atoms with Crippen LogP contribution in [-0.2, 0) is 4.74 Å². The van der Waals surface area contributed by atoms with E-state index in [-0.39, 0.29) is 5.56 Å². The van der Waals surface area contributed by atoms with Gasteiger partial charge in [0.2, 0.25) is 5.90 Å². The van der Waals surface area contributed by atoms with Crippen molar-refractivity contribution >= 4 is 16.9 Å². The van der Waals surface area contributed by atoms with Crippen LogP contribution in [0.4, 0.5) is 0 Å². The summed E-state index contributed by atoms with van der Waals surface area (Å²) in [4.78, 5) is 17.5. The van der Waals surface area contributed by atoms with E-state index in [1.807, 2.05) is 60.7 Å². The molecule has 7 nitrogen and oxygen atoms in total. The van der Waals surface area contributed by atoms with Gasteiger partial charge in [-0.1, -0.05) is 48.5 Å². The molecule has 4 rings (SSSR count). The number of ether oxygens (including phenoxy) is 1. The molecule has 2 aromatic heterocycles. The second kappa shape index (κ2) is 6.64. The summed E-state index contributed by atoms with van der Waals surface area (Å²) < 4.78 is 6.67. The van der Waals surface area contributed by atoms with Crippen LogP contribution < -0.4 is 5.56 Å². The standard InChI is InChI=1S/C19H15N5O2/c1-26-18(14-10-6-3-7-11-14)23-24-17(13-8-4-2-5-9-13)21-16-15(19(24)25)12-20-22-16/h2-12H,1H3,(H,20,22)/b23-18-. The minimum Gasteiger partial charge on any atom is -0.480 e. The second-order valence-electron chi connectivity index (χ2n) is 5.53. The van der Waals surface area contributed by atoms with Crippen LogP contribution in [0.25, 0.3) is 22.4 Å². The molecule has 0 spiro atoms. The first-order valence-electron chi connectivity index (χ1n) is 7.98. The first-order valence-corrected chi connectivity index (χ1v) is 7.98. The Bertz CT molecular complexity index is 1130. The Morgan fingerprint density at radius 2 is 1.77 bits per heavy atom. The maximum Gasteiger partial charge on any atom is 0.285 e. The molecule has 2 aromatic carbocycles. The number of aromatic amines is 1. The molecule has 1 N–H and O–H groups in total. The Morgan fingerprint density at radius 3 is 2.46 bits per heavy atom. The van der Waals surface area contributed by atoms with Crippen molar-refractivity contribution < 1.29 is 4.74 Å². The van der Waals surface area contributed by atoms with Crippen LogP contribution in [0.3, 0.4) is 0 Å². The predicted molar refractivity (Wildman–Crippen MR) is 99.0 cm³/mol. The molecule has 26 heavy (non-hydrogen) atoms. The topological polar surface area (TPSA) is 85.2 Å². The molecular formula is C19H15N5O2. The molecule has 0 saturated heterocycles. The van der Waals surface area contributed by atoms with Gasteiger partial charge in [-0.3, -0.25) is 9.89 Å². The van der Waals surface area contributed by atoms with Gasteiger partial charge in [0, 0.05) is 11.1 Å². The van der Waals surface area contributed by atoms with E-state index in [4.69, 9.17) is 4.74 Å². The zero-order chi connectivity index (χ0) is 17.9. The first-order chi connectivity index (χ1) is 12.8. The van der Waals surface area contributed by atoms with Crippen molar-refractivity contribution in [2.75, 3.05) is 7.11 Å². The quantitative estimate of drug-likeness (QED) is 0.457. The van der Waals surface area contributed by atoms with Gasteiger partial charge >= 0.3 is 0 Å². The van der Waals surface area contributed by atoms with Crippen LogP contribution in [0.15, 0.2) is 76.8 Å². The third-order valence-corrected chi connectivity index (χ3v) is 3.90. The first kappa shape index (κ1) is 15.8. The molecule has 0 bridgehead atoms. The largest absolute Gasteiger partial charge is 0.480 e. The number of hydrogen-bond acceptors (Lipinski definition) is 5. The molecule has 128 valence electrons. The van der Waals surface area contributed by atoms with E-state index in [1.165, 1.54) is 18.0 Å². The number of rotatable bonds is 3. The molecule has 4 aromatic rings. The fourth-order valence-corrected chi connectivity index (χ4v) is 2.64. The van der Waals surface area contributed by atoms with Crippen molar-refractivity contribution in [3.63, 3.8) is 0 Å². The van der Waals surface area contributed by atoms with Gasteiger partial charge in [0.25, 0.3) is 5.56 Å². The smallest absolute Gasteiger partial charge is 0.285 e. The Kier molecular flexibility index (Phi) is 4.03. The molecule has 0 aliphatic carbocycles. The number of nitrogens with one attached hydrogen (secondary N) is 1. The summed E-state index contributed by atoms with van der Waals surface area (Å²) in [5.74, 6) is 0.715. The summed E-state index contributed by atoms with van der Waals surface area (Å²) in [5, 5.41) is 11.5. The van der Waals surface area contributed by atoms with Gasteiger partial charge in [0.15, 0.2) is 11.5 Å². The van der Waals surface area contributed by atoms with Gasteiger partial charge in [0.05, 0.1) is 13.3 Å². The van der Waals surface area contributed by atoms with Gasteiger partial charge in [-0.2, -0.15) is 9.77 Å². The molecule has 0 saturated carbocycles. The average molecular weight is 345 g/mol.